The van der Waals surface area contributed by atoms with E-state index >= 15 is 0 Å². The highest BCUT2D eigenvalue weighted by molar-refractivity contribution is 5.75. The van der Waals surface area contributed by atoms with Gasteiger partial charge in [-0.2, -0.15) is 0 Å². The molecule has 13 heavy (non-hydrogen) atoms. The molecule has 0 aromatic carbocycles. The molecule has 3 nitrogen and oxygen atoms in total. The molecular formula is C10H21N3. The maximum Gasteiger partial charge on any atom is 0.188 e. The van der Waals surface area contributed by atoms with Gasteiger partial charge in [0.25, 0.3) is 0 Å². The zero-order chi connectivity index (χ0) is 10.1. The first kappa shape index (κ1) is 10.4. The predicted octanol–water partition coefficient (Wildman–Crippen LogP) is 1.64. The third-order valence-electron chi connectivity index (χ3n) is 2.60. The van der Waals surface area contributed by atoms with Crippen LogP contribution in [0.3, 0.4) is 0 Å². The van der Waals surface area contributed by atoms with E-state index in [0.717, 1.165) is 19.0 Å². The van der Waals surface area contributed by atoms with Gasteiger partial charge in [0, 0.05) is 13.1 Å². The number of rotatable bonds is 2. The molecule has 76 valence electrons. The van der Waals surface area contributed by atoms with Crippen molar-refractivity contribution in [3.8, 4) is 0 Å². The van der Waals surface area contributed by atoms with Crippen molar-refractivity contribution in [2.75, 3.05) is 13.1 Å². The number of nitrogens with one attached hydrogen (secondary N) is 1. The lowest BCUT2D eigenvalue weighted by Gasteiger charge is -2.40. The van der Waals surface area contributed by atoms with Crippen LogP contribution >= 0.6 is 0 Å². The number of likely N-dealkylation sites (tertiary alicyclic amines) is 1. The minimum atomic E-state index is 0.229. The van der Waals surface area contributed by atoms with Crippen molar-refractivity contribution >= 4 is 5.96 Å². The topological polar surface area (TPSA) is 53.1 Å². The van der Waals surface area contributed by atoms with E-state index in [1.54, 1.807) is 0 Å². The molecule has 0 spiro atoms. The van der Waals surface area contributed by atoms with Crippen LogP contribution in [0.2, 0.25) is 0 Å². The Hall–Kier alpha value is -0.730. The van der Waals surface area contributed by atoms with Gasteiger partial charge in [0.2, 0.25) is 0 Å². The van der Waals surface area contributed by atoms with Crippen LogP contribution in [0.15, 0.2) is 0 Å². The highest BCUT2D eigenvalue weighted by atomic mass is 15.3. The zero-order valence-corrected chi connectivity index (χ0v) is 8.93. The Morgan fingerprint density at radius 3 is 2.38 bits per heavy atom. The summed E-state index contributed by atoms with van der Waals surface area (Å²) in [7, 11) is 0. The molecule has 0 aliphatic carbocycles. The van der Waals surface area contributed by atoms with Crippen molar-refractivity contribution in [1.29, 1.82) is 5.41 Å². The van der Waals surface area contributed by atoms with Crippen LogP contribution in [0, 0.1) is 16.7 Å². The van der Waals surface area contributed by atoms with Crippen molar-refractivity contribution in [2.24, 2.45) is 17.1 Å². The molecule has 1 fully saturated rings. The second kappa shape index (κ2) is 3.56. The number of hydrogen-bond acceptors (Lipinski definition) is 1. The average Bonchev–Trinajstić information content (AvgIpc) is 1.79. The van der Waals surface area contributed by atoms with Crippen molar-refractivity contribution in [1.82, 2.24) is 4.90 Å². The van der Waals surface area contributed by atoms with Crippen molar-refractivity contribution in [2.45, 2.75) is 33.6 Å². The number of hydrogen-bond donors (Lipinski definition) is 2. The van der Waals surface area contributed by atoms with Crippen LogP contribution in [0.4, 0.5) is 0 Å². The molecule has 0 aromatic heterocycles. The molecule has 0 amide bonds. The smallest absolute Gasteiger partial charge is 0.188 e. The quantitative estimate of drug-likeness (QED) is 0.505. The standard InChI is InChI=1S/C10H21N3/c1-10(2,3)5-4-8-6-13(7-8)9(11)12/h8H,4-7H2,1-3H3,(H3,11,12). The Morgan fingerprint density at radius 2 is 2.00 bits per heavy atom. The summed E-state index contributed by atoms with van der Waals surface area (Å²) in [6.07, 6.45) is 2.54. The fourth-order valence-electron chi connectivity index (χ4n) is 1.59. The molecular weight excluding hydrogens is 162 g/mol. The molecule has 1 saturated heterocycles. The molecule has 1 aliphatic heterocycles. The second-order valence-corrected chi connectivity index (χ2v) is 5.26. The Balaban J connectivity index is 2.12. The van der Waals surface area contributed by atoms with Crippen molar-refractivity contribution in [3.63, 3.8) is 0 Å². The molecule has 1 rings (SSSR count). The van der Waals surface area contributed by atoms with Gasteiger partial charge in [-0.25, -0.2) is 0 Å². The number of guanidine groups is 1. The minimum absolute atomic E-state index is 0.229. The molecule has 3 N–H and O–H groups in total. The third-order valence-corrected chi connectivity index (χ3v) is 2.60. The lowest BCUT2D eigenvalue weighted by Crippen LogP contribution is -2.52. The van der Waals surface area contributed by atoms with Gasteiger partial charge in [-0.3, -0.25) is 5.41 Å². The zero-order valence-electron chi connectivity index (χ0n) is 8.93. The maximum absolute atomic E-state index is 7.20. The van der Waals surface area contributed by atoms with Gasteiger partial charge in [-0.15, -0.1) is 0 Å². The van der Waals surface area contributed by atoms with E-state index in [1.165, 1.54) is 12.8 Å². The Labute approximate surface area is 80.8 Å². The van der Waals surface area contributed by atoms with Crippen molar-refractivity contribution < 1.29 is 0 Å². The lowest BCUT2D eigenvalue weighted by atomic mass is 9.84. The van der Waals surface area contributed by atoms with Gasteiger partial charge in [0.05, 0.1) is 0 Å². The number of nitrogens with two attached hydrogens (primary N) is 1. The molecule has 1 heterocycles. The van der Waals surface area contributed by atoms with Crippen LogP contribution in [0.1, 0.15) is 33.6 Å². The number of nitrogens with zero attached hydrogens (tertiary/aromatic N) is 1. The normalized spacial score (nSPS) is 18.5. The average molecular weight is 183 g/mol. The van der Waals surface area contributed by atoms with E-state index in [1.807, 2.05) is 4.90 Å². The predicted molar refractivity (Wildman–Crippen MR) is 55.7 cm³/mol. The van der Waals surface area contributed by atoms with Gasteiger partial charge >= 0.3 is 0 Å². The molecule has 0 radical (unpaired) electrons. The summed E-state index contributed by atoms with van der Waals surface area (Å²) in [6.45, 7) is 8.80. The largest absolute Gasteiger partial charge is 0.370 e. The third kappa shape index (κ3) is 3.25. The first-order valence-corrected chi connectivity index (χ1v) is 4.97. The highest BCUT2D eigenvalue weighted by Crippen LogP contribution is 2.27. The Bertz CT molecular complexity index is 187. The summed E-state index contributed by atoms with van der Waals surface area (Å²) >= 11 is 0. The summed E-state index contributed by atoms with van der Waals surface area (Å²) in [6, 6.07) is 0. The summed E-state index contributed by atoms with van der Waals surface area (Å²) in [5, 5.41) is 7.20. The van der Waals surface area contributed by atoms with Crippen LogP contribution in [0.25, 0.3) is 0 Å². The molecule has 0 atom stereocenters. The highest BCUT2D eigenvalue weighted by Gasteiger charge is 2.28. The fraction of sp³-hybridized carbons (Fsp3) is 0.900. The van der Waals surface area contributed by atoms with E-state index in [0.29, 0.717) is 5.41 Å². The van der Waals surface area contributed by atoms with Crippen LogP contribution < -0.4 is 5.73 Å². The molecule has 0 unspecified atom stereocenters. The van der Waals surface area contributed by atoms with Crippen LogP contribution in [-0.4, -0.2) is 23.9 Å². The van der Waals surface area contributed by atoms with E-state index in [4.69, 9.17) is 11.1 Å². The van der Waals surface area contributed by atoms with Gasteiger partial charge < -0.3 is 10.6 Å². The van der Waals surface area contributed by atoms with Crippen LogP contribution in [0.5, 0.6) is 0 Å². The lowest BCUT2D eigenvalue weighted by molar-refractivity contribution is 0.156. The van der Waals surface area contributed by atoms with Gasteiger partial charge in [-0.1, -0.05) is 20.8 Å². The SMILES string of the molecule is CC(C)(C)CCC1CN(C(=N)N)C1. The van der Waals surface area contributed by atoms with Gasteiger partial charge in [0.1, 0.15) is 0 Å². The second-order valence-electron chi connectivity index (χ2n) is 5.26. The molecule has 0 saturated carbocycles. The Kier molecular flexibility index (Phi) is 2.84. The summed E-state index contributed by atoms with van der Waals surface area (Å²) in [5.74, 6) is 0.995. The van der Waals surface area contributed by atoms with E-state index < -0.39 is 0 Å². The Morgan fingerprint density at radius 1 is 1.46 bits per heavy atom. The molecule has 0 bridgehead atoms. The van der Waals surface area contributed by atoms with E-state index in [-0.39, 0.29) is 5.96 Å². The summed E-state index contributed by atoms with van der Waals surface area (Å²) < 4.78 is 0. The first-order valence-electron chi connectivity index (χ1n) is 4.97. The molecule has 3 heteroatoms. The maximum atomic E-state index is 7.20. The monoisotopic (exact) mass is 183 g/mol. The first-order chi connectivity index (χ1) is 5.88. The fourth-order valence-corrected chi connectivity index (χ4v) is 1.59. The van der Waals surface area contributed by atoms with Gasteiger partial charge in [0.15, 0.2) is 5.96 Å². The molecule has 1 aliphatic rings. The van der Waals surface area contributed by atoms with E-state index in [9.17, 15) is 0 Å². The van der Waals surface area contributed by atoms with E-state index in [2.05, 4.69) is 20.8 Å². The van der Waals surface area contributed by atoms with Crippen molar-refractivity contribution in [3.05, 3.63) is 0 Å². The minimum Gasteiger partial charge on any atom is -0.370 e. The molecule has 0 aromatic rings. The van der Waals surface area contributed by atoms with Gasteiger partial charge in [-0.05, 0) is 24.2 Å². The summed E-state index contributed by atoms with van der Waals surface area (Å²) in [4.78, 5) is 1.92. The van der Waals surface area contributed by atoms with Crippen LogP contribution in [-0.2, 0) is 0 Å². The summed E-state index contributed by atoms with van der Waals surface area (Å²) in [5.41, 5.74) is 5.79.